The van der Waals surface area contributed by atoms with Crippen molar-refractivity contribution < 1.29 is 9.59 Å². The number of nitrogens with one attached hydrogen (secondary N) is 1. The quantitative estimate of drug-likeness (QED) is 0.819. The average molecular weight is 262 g/mol. The molecule has 19 heavy (non-hydrogen) atoms. The molecule has 2 rings (SSSR count). The van der Waals surface area contributed by atoms with E-state index in [1.54, 1.807) is 0 Å². The van der Waals surface area contributed by atoms with Crippen molar-refractivity contribution >= 4 is 17.6 Å². The fourth-order valence-electron chi connectivity index (χ4n) is 2.11. The Bertz CT molecular complexity index is 515. The molecule has 1 fully saturated rings. The summed E-state index contributed by atoms with van der Waals surface area (Å²) in [5.41, 5.74) is 0.933. The van der Waals surface area contributed by atoms with Gasteiger partial charge in [-0.25, -0.2) is 9.97 Å². The van der Waals surface area contributed by atoms with Gasteiger partial charge in [0.25, 0.3) is 5.91 Å². The smallest absolute Gasteiger partial charge is 0.251 e. The fraction of sp³-hybridized carbons (Fsp3) is 0.538. The number of hydrogen-bond donors (Lipinski definition) is 1. The van der Waals surface area contributed by atoms with Gasteiger partial charge in [-0.1, -0.05) is 6.92 Å². The van der Waals surface area contributed by atoms with Crippen LogP contribution in [0.4, 0.5) is 5.82 Å². The van der Waals surface area contributed by atoms with Crippen LogP contribution in [0.3, 0.4) is 0 Å². The maximum atomic E-state index is 12.0. The highest BCUT2D eigenvalue weighted by atomic mass is 16.2. The van der Waals surface area contributed by atoms with Crippen LogP contribution in [0.1, 0.15) is 31.3 Å². The third kappa shape index (κ3) is 2.89. The van der Waals surface area contributed by atoms with Crippen molar-refractivity contribution in [2.45, 2.75) is 39.2 Å². The van der Waals surface area contributed by atoms with E-state index in [9.17, 15) is 9.59 Å². The van der Waals surface area contributed by atoms with Crippen LogP contribution < -0.4 is 5.32 Å². The van der Waals surface area contributed by atoms with Crippen molar-refractivity contribution in [3.05, 3.63) is 17.6 Å². The van der Waals surface area contributed by atoms with Gasteiger partial charge < -0.3 is 5.32 Å². The highest BCUT2D eigenvalue weighted by Gasteiger charge is 2.31. The monoisotopic (exact) mass is 262 g/mol. The maximum absolute atomic E-state index is 12.0. The standard InChI is InChI=1S/C13H18N4O2/c1-4-9-7-11(15-8(2)14-9)16-10-5-6-12(18)17(3)13(10)19/h7,10H,4-6H2,1-3H3,(H,14,15,16). The molecule has 0 bridgehead atoms. The summed E-state index contributed by atoms with van der Waals surface area (Å²) >= 11 is 0. The lowest BCUT2D eigenvalue weighted by Gasteiger charge is -2.28. The van der Waals surface area contributed by atoms with E-state index in [2.05, 4.69) is 15.3 Å². The summed E-state index contributed by atoms with van der Waals surface area (Å²) in [6, 6.07) is 1.46. The third-order valence-corrected chi connectivity index (χ3v) is 3.23. The van der Waals surface area contributed by atoms with Gasteiger partial charge in [0.15, 0.2) is 0 Å². The van der Waals surface area contributed by atoms with Gasteiger partial charge in [-0.2, -0.15) is 0 Å². The van der Waals surface area contributed by atoms with Crippen LogP contribution in [-0.4, -0.2) is 39.8 Å². The number of imide groups is 1. The topological polar surface area (TPSA) is 75.2 Å². The van der Waals surface area contributed by atoms with Crippen molar-refractivity contribution in [2.75, 3.05) is 12.4 Å². The molecule has 1 unspecified atom stereocenters. The minimum Gasteiger partial charge on any atom is -0.358 e. The Balaban J connectivity index is 2.15. The second-order valence-electron chi connectivity index (χ2n) is 4.67. The van der Waals surface area contributed by atoms with Crippen LogP contribution in [0.5, 0.6) is 0 Å². The SMILES string of the molecule is CCc1cc(NC2CCC(=O)N(C)C2=O)nc(C)n1. The Hall–Kier alpha value is -1.98. The number of rotatable bonds is 3. The molecule has 1 atom stereocenters. The van der Waals surface area contributed by atoms with Crippen LogP contribution in [0, 0.1) is 6.92 Å². The Morgan fingerprint density at radius 2 is 2.16 bits per heavy atom. The fourth-order valence-corrected chi connectivity index (χ4v) is 2.11. The molecule has 1 aliphatic heterocycles. The molecule has 1 saturated heterocycles. The summed E-state index contributed by atoms with van der Waals surface area (Å²) < 4.78 is 0. The van der Waals surface area contributed by atoms with Crippen LogP contribution in [0.15, 0.2) is 6.07 Å². The van der Waals surface area contributed by atoms with Crippen molar-refractivity contribution in [3.8, 4) is 0 Å². The lowest BCUT2D eigenvalue weighted by atomic mass is 10.0. The van der Waals surface area contributed by atoms with E-state index < -0.39 is 0 Å². The van der Waals surface area contributed by atoms with E-state index in [4.69, 9.17) is 0 Å². The number of carbonyl (C=O) groups excluding carboxylic acids is 2. The Kier molecular flexibility index (Phi) is 3.78. The van der Waals surface area contributed by atoms with Gasteiger partial charge in [-0.3, -0.25) is 14.5 Å². The largest absolute Gasteiger partial charge is 0.358 e. The second-order valence-corrected chi connectivity index (χ2v) is 4.67. The zero-order chi connectivity index (χ0) is 14.0. The maximum Gasteiger partial charge on any atom is 0.251 e. The van der Waals surface area contributed by atoms with Crippen molar-refractivity contribution in [1.82, 2.24) is 14.9 Å². The highest BCUT2D eigenvalue weighted by Crippen LogP contribution is 2.16. The lowest BCUT2D eigenvalue weighted by Crippen LogP contribution is -2.48. The van der Waals surface area contributed by atoms with Crippen LogP contribution in [-0.2, 0) is 16.0 Å². The molecule has 2 amide bonds. The number of likely N-dealkylation sites (tertiary alicyclic amines) is 1. The molecule has 102 valence electrons. The van der Waals surface area contributed by atoms with Gasteiger partial charge in [0, 0.05) is 25.2 Å². The molecular weight excluding hydrogens is 244 g/mol. The van der Waals surface area contributed by atoms with E-state index in [-0.39, 0.29) is 17.9 Å². The van der Waals surface area contributed by atoms with Crippen molar-refractivity contribution in [3.63, 3.8) is 0 Å². The van der Waals surface area contributed by atoms with E-state index >= 15 is 0 Å². The first kappa shape index (κ1) is 13.5. The van der Waals surface area contributed by atoms with Crippen LogP contribution in [0.2, 0.25) is 0 Å². The molecule has 6 nitrogen and oxygen atoms in total. The lowest BCUT2D eigenvalue weighted by molar-refractivity contribution is -0.146. The first-order valence-electron chi connectivity index (χ1n) is 6.42. The van der Waals surface area contributed by atoms with Crippen molar-refractivity contribution in [1.29, 1.82) is 0 Å². The first-order valence-corrected chi connectivity index (χ1v) is 6.42. The predicted octanol–water partition coefficient (Wildman–Crippen LogP) is 0.907. The molecule has 1 aliphatic rings. The number of aromatic nitrogens is 2. The molecule has 0 radical (unpaired) electrons. The molecule has 1 aromatic rings. The Labute approximate surface area is 112 Å². The van der Waals surface area contributed by atoms with E-state index in [0.29, 0.717) is 24.5 Å². The van der Waals surface area contributed by atoms with Crippen molar-refractivity contribution in [2.24, 2.45) is 0 Å². The Morgan fingerprint density at radius 3 is 2.84 bits per heavy atom. The summed E-state index contributed by atoms with van der Waals surface area (Å²) in [4.78, 5) is 33.1. The van der Waals surface area contributed by atoms with E-state index in [0.717, 1.165) is 12.1 Å². The van der Waals surface area contributed by atoms with Crippen LogP contribution in [0.25, 0.3) is 0 Å². The summed E-state index contributed by atoms with van der Waals surface area (Å²) in [7, 11) is 1.52. The number of amides is 2. The molecule has 0 saturated carbocycles. The van der Waals surface area contributed by atoms with Gasteiger partial charge in [-0.05, 0) is 19.8 Å². The molecule has 0 aromatic carbocycles. The third-order valence-electron chi connectivity index (χ3n) is 3.23. The molecule has 1 N–H and O–H groups in total. The number of piperidine rings is 1. The zero-order valence-electron chi connectivity index (χ0n) is 11.4. The summed E-state index contributed by atoms with van der Waals surface area (Å²) in [5, 5.41) is 3.10. The van der Waals surface area contributed by atoms with Gasteiger partial charge in [-0.15, -0.1) is 0 Å². The molecule has 1 aromatic heterocycles. The molecular formula is C13H18N4O2. The number of likely N-dealkylation sites (N-methyl/N-ethyl adjacent to an activating group) is 1. The molecule has 2 heterocycles. The number of anilines is 1. The predicted molar refractivity (Wildman–Crippen MR) is 70.6 cm³/mol. The zero-order valence-corrected chi connectivity index (χ0v) is 11.4. The first-order chi connectivity index (χ1) is 9.01. The minimum absolute atomic E-state index is 0.129. The van der Waals surface area contributed by atoms with E-state index in [1.165, 1.54) is 11.9 Å². The van der Waals surface area contributed by atoms with Gasteiger partial charge in [0.05, 0.1) is 0 Å². The van der Waals surface area contributed by atoms with Gasteiger partial charge >= 0.3 is 0 Å². The number of nitrogens with zero attached hydrogens (tertiary/aromatic N) is 3. The van der Waals surface area contributed by atoms with Gasteiger partial charge in [0.1, 0.15) is 17.7 Å². The van der Waals surface area contributed by atoms with Gasteiger partial charge in [0.2, 0.25) is 5.91 Å². The van der Waals surface area contributed by atoms with Crippen LogP contribution >= 0.6 is 0 Å². The Morgan fingerprint density at radius 1 is 1.42 bits per heavy atom. The normalized spacial score (nSPS) is 19.7. The summed E-state index contributed by atoms with van der Waals surface area (Å²) in [6.45, 7) is 3.84. The average Bonchev–Trinajstić information content (AvgIpc) is 2.39. The summed E-state index contributed by atoms with van der Waals surface area (Å²) in [6.07, 6.45) is 1.70. The second kappa shape index (κ2) is 5.34. The minimum atomic E-state index is -0.387. The molecule has 6 heteroatoms. The summed E-state index contributed by atoms with van der Waals surface area (Å²) in [5.74, 6) is 0.988. The number of carbonyl (C=O) groups is 2. The number of aryl methyl sites for hydroxylation is 2. The molecule has 0 spiro atoms. The number of hydrogen-bond acceptors (Lipinski definition) is 5. The van der Waals surface area contributed by atoms with E-state index in [1.807, 2.05) is 19.9 Å². The molecule has 0 aliphatic carbocycles. The highest BCUT2D eigenvalue weighted by molar-refractivity contribution is 6.01.